The Bertz CT molecular complexity index is 3520. The van der Waals surface area contributed by atoms with Gasteiger partial charge in [0.25, 0.3) is 0 Å². The third-order valence-corrected chi connectivity index (χ3v) is 13.3. The molecule has 2 heteroatoms. The van der Waals surface area contributed by atoms with Gasteiger partial charge in [-0.05, 0) is 127 Å². The van der Waals surface area contributed by atoms with Crippen LogP contribution in [0.3, 0.4) is 0 Å². The lowest BCUT2D eigenvalue weighted by atomic mass is 9.79. The summed E-state index contributed by atoms with van der Waals surface area (Å²) in [5.74, 6) is 0. The summed E-state index contributed by atoms with van der Waals surface area (Å²) < 4.78 is 6.18. The SMILES string of the molecule is CC1(C)c2ccccc2-c2cccc(-c3ccc(N(c4ccc(-c5ccc6oc7ccccc7c6c5)cc4)c4cc(-c5ccc6ccccc6c5)ccc4-c4ccccc4)cc3)c21. The molecule has 0 aliphatic heterocycles. The normalized spacial score (nSPS) is 12.7. The average molecular weight is 806 g/mol. The molecule has 0 saturated carbocycles. The van der Waals surface area contributed by atoms with Crippen LogP contribution in [0.4, 0.5) is 17.1 Å². The number of nitrogens with zero attached hydrogens (tertiary/aromatic N) is 1. The minimum Gasteiger partial charge on any atom is -0.456 e. The van der Waals surface area contributed by atoms with Gasteiger partial charge in [0.1, 0.15) is 11.2 Å². The average Bonchev–Trinajstić information content (AvgIpc) is 3.83. The highest BCUT2D eigenvalue weighted by atomic mass is 16.3. The third kappa shape index (κ3) is 6.17. The standard InChI is InChI=1S/C61H43NO/c1-61(2)56-21-10-8-17-52(56)54-20-12-19-51(60(54)61)43-27-33-49(34-28-43)62(48-31-25-41(26-32-48)46-30-36-59-55(38-46)53-18-9-11-22-58(53)63-59)57-39-47(29-35-50(57)42-14-4-3-5-15-42)45-24-23-40-13-6-7-16-44(40)37-45/h3-39H,1-2H3. The first-order chi connectivity index (χ1) is 31.0. The van der Waals surface area contributed by atoms with E-state index >= 15 is 0 Å². The fourth-order valence-electron chi connectivity index (χ4n) is 10.1. The molecule has 298 valence electrons. The molecule has 2 nitrogen and oxygen atoms in total. The number of para-hydroxylation sites is 1. The molecule has 1 aromatic heterocycles. The Morgan fingerprint density at radius 1 is 0.349 bits per heavy atom. The molecule has 0 unspecified atom stereocenters. The molecule has 0 saturated heterocycles. The number of anilines is 3. The van der Waals surface area contributed by atoms with Gasteiger partial charge >= 0.3 is 0 Å². The van der Waals surface area contributed by atoms with E-state index in [1.807, 2.05) is 12.1 Å². The number of fused-ring (bicyclic) bond motifs is 7. The van der Waals surface area contributed by atoms with Crippen LogP contribution in [0.5, 0.6) is 0 Å². The first-order valence-electron chi connectivity index (χ1n) is 21.8. The van der Waals surface area contributed by atoms with Crippen LogP contribution in [-0.4, -0.2) is 0 Å². The molecule has 0 amide bonds. The van der Waals surface area contributed by atoms with Gasteiger partial charge in [0.05, 0.1) is 5.69 Å². The summed E-state index contributed by atoms with van der Waals surface area (Å²) in [6.45, 7) is 4.73. The largest absolute Gasteiger partial charge is 0.456 e. The van der Waals surface area contributed by atoms with Crippen molar-refractivity contribution in [3.8, 4) is 55.6 Å². The molecule has 11 aromatic rings. The maximum Gasteiger partial charge on any atom is 0.135 e. The predicted octanol–water partition coefficient (Wildman–Crippen LogP) is 17.2. The molecule has 0 fully saturated rings. The van der Waals surface area contributed by atoms with Crippen LogP contribution in [0.25, 0.3) is 88.3 Å². The second-order valence-corrected chi connectivity index (χ2v) is 17.3. The summed E-state index contributed by atoms with van der Waals surface area (Å²) >= 11 is 0. The van der Waals surface area contributed by atoms with Gasteiger partial charge in [0.15, 0.2) is 0 Å². The Morgan fingerprint density at radius 2 is 0.921 bits per heavy atom. The number of hydrogen-bond donors (Lipinski definition) is 0. The molecule has 1 aliphatic rings. The lowest BCUT2D eigenvalue weighted by Gasteiger charge is -2.29. The Balaban J connectivity index is 1.02. The monoisotopic (exact) mass is 805 g/mol. The van der Waals surface area contributed by atoms with E-state index in [1.54, 1.807) is 0 Å². The molecule has 1 aliphatic carbocycles. The predicted molar refractivity (Wildman–Crippen MR) is 265 cm³/mol. The van der Waals surface area contributed by atoms with Crippen molar-refractivity contribution in [2.75, 3.05) is 4.90 Å². The van der Waals surface area contributed by atoms with Gasteiger partial charge in [0.2, 0.25) is 0 Å². The number of benzene rings is 10. The molecule has 10 aromatic carbocycles. The van der Waals surface area contributed by atoms with Crippen LogP contribution in [0.1, 0.15) is 25.0 Å². The maximum absolute atomic E-state index is 6.18. The van der Waals surface area contributed by atoms with Gasteiger partial charge in [0, 0.05) is 33.1 Å². The minimum absolute atomic E-state index is 0.113. The van der Waals surface area contributed by atoms with Gasteiger partial charge in [-0.1, -0.05) is 184 Å². The zero-order valence-electron chi connectivity index (χ0n) is 35.2. The van der Waals surface area contributed by atoms with Crippen LogP contribution in [0, 0.1) is 0 Å². The van der Waals surface area contributed by atoms with Crippen LogP contribution in [0.15, 0.2) is 229 Å². The first-order valence-corrected chi connectivity index (χ1v) is 21.8. The van der Waals surface area contributed by atoms with Crippen LogP contribution in [0.2, 0.25) is 0 Å². The van der Waals surface area contributed by atoms with E-state index < -0.39 is 0 Å². The van der Waals surface area contributed by atoms with Crippen molar-refractivity contribution < 1.29 is 4.42 Å². The minimum atomic E-state index is -0.113. The summed E-state index contributed by atoms with van der Waals surface area (Å²) in [4.78, 5) is 2.43. The van der Waals surface area contributed by atoms with Gasteiger partial charge in [-0.2, -0.15) is 0 Å². The lowest BCUT2D eigenvalue weighted by molar-refractivity contribution is 0.662. The van der Waals surface area contributed by atoms with Crippen molar-refractivity contribution in [3.63, 3.8) is 0 Å². The Morgan fingerprint density at radius 3 is 1.75 bits per heavy atom. The van der Waals surface area contributed by atoms with E-state index in [4.69, 9.17) is 4.42 Å². The summed E-state index contributed by atoms with van der Waals surface area (Å²) in [5, 5.41) is 4.73. The molecule has 0 spiro atoms. The number of rotatable bonds is 7. The van der Waals surface area contributed by atoms with E-state index in [1.165, 1.54) is 49.7 Å². The fourth-order valence-corrected chi connectivity index (χ4v) is 10.1. The molecule has 63 heavy (non-hydrogen) atoms. The summed E-state index contributed by atoms with van der Waals surface area (Å²) in [5.41, 5.74) is 19.9. The summed E-state index contributed by atoms with van der Waals surface area (Å²) in [6, 6.07) is 81.8. The molecule has 0 radical (unpaired) electrons. The van der Waals surface area contributed by atoms with Crippen LogP contribution >= 0.6 is 0 Å². The first kappa shape index (κ1) is 36.9. The summed E-state index contributed by atoms with van der Waals surface area (Å²) in [6.07, 6.45) is 0. The number of furan rings is 1. The van der Waals surface area contributed by atoms with E-state index in [9.17, 15) is 0 Å². The van der Waals surface area contributed by atoms with Crippen molar-refractivity contribution in [2.24, 2.45) is 0 Å². The maximum atomic E-state index is 6.18. The van der Waals surface area contributed by atoms with Crippen molar-refractivity contribution in [1.82, 2.24) is 0 Å². The van der Waals surface area contributed by atoms with Gasteiger partial charge in [-0.3, -0.25) is 0 Å². The zero-order valence-corrected chi connectivity index (χ0v) is 35.2. The number of hydrogen-bond acceptors (Lipinski definition) is 2. The van der Waals surface area contributed by atoms with Gasteiger partial charge in [-0.25, -0.2) is 0 Å². The summed E-state index contributed by atoms with van der Waals surface area (Å²) in [7, 11) is 0. The molecular formula is C61H43NO. The lowest BCUT2D eigenvalue weighted by Crippen LogP contribution is -2.16. The Kier molecular flexibility index (Phi) is 8.55. The second kappa shape index (κ2) is 14.6. The highest BCUT2D eigenvalue weighted by molar-refractivity contribution is 6.06. The Hall–Kier alpha value is -7.94. The molecule has 0 N–H and O–H groups in total. The van der Waals surface area contributed by atoms with Gasteiger partial charge in [-0.15, -0.1) is 0 Å². The van der Waals surface area contributed by atoms with Crippen molar-refractivity contribution >= 4 is 49.8 Å². The molecular weight excluding hydrogens is 763 g/mol. The van der Waals surface area contributed by atoms with E-state index in [0.29, 0.717) is 0 Å². The van der Waals surface area contributed by atoms with Crippen molar-refractivity contribution in [2.45, 2.75) is 19.3 Å². The topological polar surface area (TPSA) is 16.4 Å². The third-order valence-electron chi connectivity index (χ3n) is 13.3. The smallest absolute Gasteiger partial charge is 0.135 e. The van der Waals surface area contributed by atoms with E-state index in [2.05, 4.69) is 231 Å². The Labute approximate surface area is 368 Å². The zero-order chi connectivity index (χ0) is 42.1. The van der Waals surface area contributed by atoms with Crippen molar-refractivity contribution in [1.29, 1.82) is 0 Å². The highest BCUT2D eigenvalue weighted by Crippen LogP contribution is 2.52. The molecule has 0 bridgehead atoms. The fraction of sp³-hybridized carbons (Fsp3) is 0.0492. The van der Waals surface area contributed by atoms with Gasteiger partial charge < -0.3 is 9.32 Å². The molecule has 1 heterocycles. The van der Waals surface area contributed by atoms with E-state index in [0.717, 1.165) is 66.8 Å². The molecule has 0 atom stereocenters. The van der Waals surface area contributed by atoms with Crippen LogP contribution in [-0.2, 0) is 5.41 Å². The second-order valence-electron chi connectivity index (χ2n) is 17.3. The van der Waals surface area contributed by atoms with E-state index in [-0.39, 0.29) is 5.41 Å². The highest BCUT2D eigenvalue weighted by Gasteiger charge is 2.37. The molecule has 12 rings (SSSR count). The quantitative estimate of drug-likeness (QED) is 0.160. The van der Waals surface area contributed by atoms with Crippen molar-refractivity contribution in [3.05, 3.63) is 236 Å². The van der Waals surface area contributed by atoms with Crippen LogP contribution < -0.4 is 4.90 Å².